The molecule has 9 nitrogen and oxygen atoms in total. The Bertz CT molecular complexity index is 1120. The highest BCUT2D eigenvalue weighted by molar-refractivity contribution is 5.96. The minimum Gasteiger partial charge on any atom is -0.477 e. The normalized spacial score (nSPS) is 16.7. The van der Waals surface area contributed by atoms with Crippen molar-refractivity contribution >= 4 is 23.5 Å². The molecular weight excluding hydrogens is 398 g/mol. The summed E-state index contributed by atoms with van der Waals surface area (Å²) in [7, 11) is 0. The Morgan fingerprint density at radius 2 is 1.97 bits per heavy atom. The summed E-state index contributed by atoms with van der Waals surface area (Å²) in [6, 6.07) is 0.0611. The fourth-order valence-corrected chi connectivity index (χ4v) is 4.04. The first-order chi connectivity index (χ1) is 14.8. The number of fused-ring (bicyclic) bond motifs is 1. The predicted octanol–water partition coefficient (Wildman–Crippen LogP) is 1.11. The zero-order chi connectivity index (χ0) is 22.3. The molecule has 4 rings (SSSR count). The largest absolute Gasteiger partial charge is 0.477 e. The summed E-state index contributed by atoms with van der Waals surface area (Å²) in [5.41, 5.74) is 0.852. The van der Waals surface area contributed by atoms with Gasteiger partial charge in [0.1, 0.15) is 0 Å². The van der Waals surface area contributed by atoms with Crippen molar-refractivity contribution in [1.29, 1.82) is 0 Å². The van der Waals surface area contributed by atoms with Crippen molar-refractivity contribution in [3.63, 3.8) is 0 Å². The van der Waals surface area contributed by atoms with Crippen molar-refractivity contribution in [1.82, 2.24) is 19.8 Å². The van der Waals surface area contributed by atoms with Crippen molar-refractivity contribution < 1.29 is 19.3 Å². The number of hydrogen-bond acceptors (Lipinski definition) is 4. The van der Waals surface area contributed by atoms with Gasteiger partial charge in [0.2, 0.25) is 11.5 Å². The van der Waals surface area contributed by atoms with E-state index in [1.165, 1.54) is 10.6 Å². The molecule has 2 fully saturated rings. The maximum absolute atomic E-state index is 13.1. The highest BCUT2D eigenvalue weighted by Crippen LogP contribution is 2.22. The molecule has 0 unspecified atom stereocenters. The maximum Gasteiger partial charge on any atom is 0.378 e. The Kier molecular flexibility index (Phi) is 5.60. The van der Waals surface area contributed by atoms with Crippen LogP contribution in [0.1, 0.15) is 61.1 Å². The molecule has 0 bridgehead atoms. The highest BCUT2D eigenvalue weighted by Gasteiger charge is 2.35. The maximum atomic E-state index is 13.1. The van der Waals surface area contributed by atoms with E-state index in [1.54, 1.807) is 22.5 Å². The lowest BCUT2D eigenvalue weighted by Crippen LogP contribution is -2.46. The summed E-state index contributed by atoms with van der Waals surface area (Å²) in [6.45, 7) is 7.69. The molecule has 2 amide bonds. The van der Waals surface area contributed by atoms with Crippen LogP contribution in [0.2, 0.25) is 0 Å². The lowest BCUT2D eigenvalue weighted by atomic mass is 10.1. The van der Waals surface area contributed by atoms with E-state index in [0.717, 1.165) is 38.8 Å². The number of carbonyl (C=O) groups excluding carboxylic acids is 2. The number of aromatic amines is 1. The number of amides is 2. The van der Waals surface area contributed by atoms with Crippen LogP contribution in [-0.4, -0.2) is 50.6 Å². The fourth-order valence-electron chi connectivity index (χ4n) is 4.04. The average Bonchev–Trinajstić information content (AvgIpc) is 3.23. The van der Waals surface area contributed by atoms with Gasteiger partial charge in [0.15, 0.2) is 0 Å². The number of nitrogens with one attached hydrogen (secondary N) is 2. The van der Waals surface area contributed by atoms with Gasteiger partial charge in [-0.05, 0) is 44.6 Å². The van der Waals surface area contributed by atoms with Crippen LogP contribution < -0.4 is 15.4 Å². The highest BCUT2D eigenvalue weighted by atomic mass is 16.3. The molecule has 2 aromatic rings. The molecule has 0 atom stereocenters. The minimum absolute atomic E-state index is 0.0611. The smallest absolute Gasteiger partial charge is 0.378 e. The third kappa shape index (κ3) is 4.08. The van der Waals surface area contributed by atoms with E-state index < -0.39 is 11.5 Å². The summed E-state index contributed by atoms with van der Waals surface area (Å²) < 4.78 is 2.87. The fraction of sp³-hybridized carbons (Fsp3) is 0.545. The lowest BCUT2D eigenvalue weighted by molar-refractivity contribution is -0.686. The van der Waals surface area contributed by atoms with Crippen LogP contribution in [0.15, 0.2) is 10.9 Å². The van der Waals surface area contributed by atoms with Gasteiger partial charge < -0.3 is 15.3 Å². The first-order valence-electron chi connectivity index (χ1n) is 11.0. The summed E-state index contributed by atoms with van der Waals surface area (Å²) in [5, 5.41) is 16.8. The number of rotatable bonds is 6. The molecule has 3 heterocycles. The van der Waals surface area contributed by atoms with Crippen LogP contribution in [0.25, 0.3) is 11.7 Å². The van der Waals surface area contributed by atoms with Gasteiger partial charge in [-0.3, -0.25) is 9.59 Å². The Morgan fingerprint density at radius 1 is 1.29 bits per heavy atom. The minimum atomic E-state index is -0.612. The van der Waals surface area contributed by atoms with E-state index in [0.29, 0.717) is 23.4 Å². The van der Waals surface area contributed by atoms with E-state index in [1.807, 2.05) is 13.8 Å². The molecule has 0 radical (unpaired) electrons. The van der Waals surface area contributed by atoms with Gasteiger partial charge in [-0.1, -0.05) is 18.4 Å². The quantitative estimate of drug-likeness (QED) is 0.473. The van der Waals surface area contributed by atoms with Crippen LogP contribution in [0.3, 0.4) is 0 Å². The molecule has 166 valence electrons. The molecule has 1 saturated carbocycles. The number of carbonyl (C=O) groups is 2. The second kappa shape index (κ2) is 8.20. The standard InChI is InChI=1S/C22H29N5O4/c1-13(2)12-26-20-16(8-9-17(28)25-10-4-5-11-25)14(3)24-27(20)22(31)18(21(26)30)19(29)23-15-6-7-15/h8-9,13,15H,4-7,10-12H2,1-3H3,(H2,23,29,30,31)/p+1/b9-8+. The van der Waals surface area contributed by atoms with Gasteiger partial charge in [0.25, 0.3) is 5.91 Å². The molecule has 1 aliphatic carbocycles. The summed E-state index contributed by atoms with van der Waals surface area (Å²) in [6.07, 6.45) is 6.97. The van der Waals surface area contributed by atoms with E-state index >= 15 is 0 Å². The third-order valence-electron chi connectivity index (χ3n) is 5.79. The van der Waals surface area contributed by atoms with Crippen LogP contribution in [0, 0.1) is 12.8 Å². The van der Waals surface area contributed by atoms with E-state index in [2.05, 4.69) is 10.4 Å². The van der Waals surface area contributed by atoms with Crippen molar-refractivity contribution in [2.75, 3.05) is 13.1 Å². The first-order valence-corrected chi connectivity index (χ1v) is 11.0. The molecule has 2 aliphatic rings. The number of aryl methyl sites for hydroxylation is 1. The molecule has 9 heteroatoms. The summed E-state index contributed by atoms with van der Waals surface area (Å²) >= 11 is 0. The van der Waals surface area contributed by atoms with Gasteiger partial charge >= 0.3 is 17.1 Å². The van der Waals surface area contributed by atoms with Crippen molar-refractivity contribution in [3.8, 4) is 5.88 Å². The lowest BCUT2D eigenvalue weighted by Gasteiger charge is -2.12. The molecule has 2 aromatic heterocycles. The van der Waals surface area contributed by atoms with Crippen LogP contribution in [0.5, 0.6) is 5.88 Å². The van der Waals surface area contributed by atoms with E-state index in [9.17, 15) is 19.5 Å². The Hall–Kier alpha value is -3.10. The average molecular weight is 429 g/mol. The molecule has 0 spiro atoms. The van der Waals surface area contributed by atoms with Crippen molar-refractivity contribution in [3.05, 3.63) is 33.3 Å². The van der Waals surface area contributed by atoms with Gasteiger partial charge in [0, 0.05) is 25.2 Å². The predicted molar refractivity (Wildman–Crippen MR) is 115 cm³/mol. The Labute approximate surface area is 180 Å². The second-order valence-corrected chi connectivity index (χ2v) is 8.93. The second-order valence-electron chi connectivity index (χ2n) is 8.93. The molecule has 0 aromatic carbocycles. The number of aromatic nitrogens is 3. The number of H-pyrrole nitrogens is 1. The third-order valence-corrected chi connectivity index (χ3v) is 5.79. The van der Waals surface area contributed by atoms with Gasteiger partial charge in [-0.15, -0.1) is 0 Å². The topological polar surface area (TPSA) is 111 Å². The number of likely N-dealkylation sites (tertiary alicyclic amines) is 1. The van der Waals surface area contributed by atoms with Crippen LogP contribution in [0.4, 0.5) is 0 Å². The molecular formula is C22H30N5O4+. The van der Waals surface area contributed by atoms with Gasteiger partial charge in [-0.25, -0.2) is 9.89 Å². The molecule has 1 saturated heterocycles. The summed E-state index contributed by atoms with van der Waals surface area (Å²) in [4.78, 5) is 40.1. The molecule has 1 aliphatic heterocycles. The van der Waals surface area contributed by atoms with Crippen molar-refractivity contribution in [2.45, 2.75) is 59.0 Å². The van der Waals surface area contributed by atoms with Crippen LogP contribution in [-0.2, 0) is 11.3 Å². The SMILES string of the molecule is Cc1[nH]n2c(=O)c(C(=O)NC3CC3)c(O)[n+](CC(C)C)c2c1/C=C/C(=O)N1CCCC1. The zero-order valence-corrected chi connectivity index (χ0v) is 18.3. The first kappa shape index (κ1) is 21.1. The van der Waals surface area contributed by atoms with Crippen LogP contribution >= 0.6 is 0 Å². The number of hydrogen-bond donors (Lipinski definition) is 3. The monoisotopic (exact) mass is 428 g/mol. The van der Waals surface area contributed by atoms with Gasteiger partial charge in [0.05, 0.1) is 17.8 Å². The van der Waals surface area contributed by atoms with E-state index in [4.69, 9.17) is 0 Å². The van der Waals surface area contributed by atoms with Crippen molar-refractivity contribution in [2.24, 2.45) is 5.92 Å². The summed E-state index contributed by atoms with van der Waals surface area (Å²) in [5.74, 6) is -0.838. The number of nitrogens with zero attached hydrogens (tertiary/aromatic N) is 3. The Balaban J connectivity index is 1.84. The molecule has 31 heavy (non-hydrogen) atoms. The number of aromatic hydroxyl groups is 1. The van der Waals surface area contributed by atoms with E-state index in [-0.39, 0.29) is 29.3 Å². The Morgan fingerprint density at radius 3 is 2.58 bits per heavy atom. The zero-order valence-electron chi connectivity index (χ0n) is 18.3. The molecule has 3 N–H and O–H groups in total. The van der Waals surface area contributed by atoms with Gasteiger partial charge in [-0.2, -0.15) is 4.57 Å².